The quantitative estimate of drug-likeness (QED) is 0.751. The Balaban J connectivity index is 1.81. The number of fused-ring (bicyclic) bond motifs is 1. The first kappa shape index (κ1) is 16.9. The van der Waals surface area contributed by atoms with Crippen LogP contribution >= 0.6 is 0 Å². The van der Waals surface area contributed by atoms with Crippen molar-refractivity contribution in [2.45, 2.75) is 12.5 Å². The molecule has 0 spiro atoms. The van der Waals surface area contributed by atoms with Gasteiger partial charge in [-0.25, -0.2) is 4.98 Å². The van der Waals surface area contributed by atoms with Crippen LogP contribution in [0.1, 0.15) is 23.0 Å². The van der Waals surface area contributed by atoms with Gasteiger partial charge in [-0.15, -0.1) is 0 Å². The van der Waals surface area contributed by atoms with Gasteiger partial charge >= 0.3 is 0 Å². The molecule has 5 heteroatoms. The molecule has 0 aliphatic heterocycles. The van der Waals surface area contributed by atoms with E-state index < -0.39 is 5.60 Å². The fourth-order valence-corrected chi connectivity index (χ4v) is 2.68. The van der Waals surface area contributed by atoms with Gasteiger partial charge < -0.3 is 15.2 Å². The van der Waals surface area contributed by atoms with Gasteiger partial charge in [-0.2, -0.15) is 0 Å². The Bertz CT molecular complexity index is 892. The number of hydrogen-bond acceptors (Lipinski definition) is 4. The molecular weight excluding hydrogens is 316 g/mol. The van der Waals surface area contributed by atoms with Gasteiger partial charge in [-0.3, -0.25) is 4.79 Å². The Labute approximate surface area is 146 Å². The molecule has 128 valence electrons. The molecular formula is C20H20N2O3. The summed E-state index contributed by atoms with van der Waals surface area (Å²) in [6.45, 7) is 1.74. The summed E-state index contributed by atoms with van der Waals surface area (Å²) in [6.07, 6.45) is 0. The highest BCUT2D eigenvalue weighted by atomic mass is 16.5. The third-order valence-corrected chi connectivity index (χ3v) is 4.12. The molecule has 2 N–H and O–H groups in total. The Morgan fingerprint density at radius 1 is 1.16 bits per heavy atom. The molecule has 0 aliphatic carbocycles. The van der Waals surface area contributed by atoms with Crippen molar-refractivity contribution in [1.82, 2.24) is 10.3 Å². The molecule has 1 heterocycles. The maximum atomic E-state index is 12.5. The number of aliphatic hydroxyl groups is 1. The van der Waals surface area contributed by atoms with Crippen LogP contribution in [0.5, 0.6) is 5.88 Å². The van der Waals surface area contributed by atoms with Gasteiger partial charge in [0.25, 0.3) is 5.91 Å². The van der Waals surface area contributed by atoms with Crippen molar-refractivity contribution in [3.05, 3.63) is 71.9 Å². The number of carbonyl (C=O) groups is 1. The van der Waals surface area contributed by atoms with Gasteiger partial charge in [-0.1, -0.05) is 48.5 Å². The lowest BCUT2D eigenvalue weighted by Gasteiger charge is -2.24. The lowest BCUT2D eigenvalue weighted by atomic mass is 9.96. The molecule has 0 aliphatic rings. The van der Waals surface area contributed by atoms with Gasteiger partial charge in [0.1, 0.15) is 11.3 Å². The Morgan fingerprint density at radius 2 is 1.84 bits per heavy atom. The summed E-state index contributed by atoms with van der Waals surface area (Å²) in [5.41, 5.74) is -0.184. The highest BCUT2D eigenvalue weighted by Crippen LogP contribution is 2.24. The van der Waals surface area contributed by atoms with Gasteiger partial charge in [0.15, 0.2) is 0 Å². The molecule has 0 saturated carbocycles. The third kappa shape index (κ3) is 3.61. The monoisotopic (exact) mass is 336 g/mol. The number of ether oxygens (including phenoxy) is 1. The number of nitrogens with zero attached hydrogens (tertiary/aromatic N) is 1. The molecule has 1 amide bonds. The average molecular weight is 336 g/mol. The summed E-state index contributed by atoms with van der Waals surface area (Å²) in [6, 6.07) is 18.5. The largest absolute Gasteiger partial charge is 0.481 e. The van der Waals surface area contributed by atoms with Gasteiger partial charge in [0.2, 0.25) is 5.88 Å². The first-order chi connectivity index (χ1) is 12.0. The van der Waals surface area contributed by atoms with Crippen LogP contribution < -0.4 is 10.1 Å². The summed E-state index contributed by atoms with van der Waals surface area (Å²) in [4.78, 5) is 16.8. The zero-order valence-corrected chi connectivity index (χ0v) is 14.2. The highest BCUT2D eigenvalue weighted by Gasteiger charge is 2.24. The van der Waals surface area contributed by atoms with Crippen LogP contribution in [0.2, 0.25) is 0 Å². The smallest absolute Gasteiger partial charge is 0.270 e. The number of aromatic nitrogens is 1. The molecule has 5 nitrogen and oxygen atoms in total. The van der Waals surface area contributed by atoms with E-state index in [-0.39, 0.29) is 18.1 Å². The summed E-state index contributed by atoms with van der Waals surface area (Å²) >= 11 is 0. The number of hydrogen-bond donors (Lipinski definition) is 2. The predicted molar refractivity (Wildman–Crippen MR) is 96.6 cm³/mol. The first-order valence-corrected chi connectivity index (χ1v) is 8.01. The molecule has 0 fully saturated rings. The number of benzene rings is 2. The molecule has 1 unspecified atom stereocenters. The number of rotatable bonds is 5. The van der Waals surface area contributed by atoms with Gasteiger partial charge in [-0.05, 0) is 30.0 Å². The van der Waals surface area contributed by atoms with E-state index in [1.54, 1.807) is 13.0 Å². The van der Waals surface area contributed by atoms with Crippen LogP contribution in [0.3, 0.4) is 0 Å². The molecule has 25 heavy (non-hydrogen) atoms. The fraction of sp³-hybridized carbons (Fsp3) is 0.200. The van der Waals surface area contributed by atoms with E-state index in [2.05, 4.69) is 10.3 Å². The van der Waals surface area contributed by atoms with Crippen LogP contribution in [0.4, 0.5) is 0 Å². The minimum atomic E-state index is -1.17. The number of amides is 1. The molecule has 0 saturated heterocycles. The van der Waals surface area contributed by atoms with E-state index in [4.69, 9.17) is 4.74 Å². The third-order valence-electron chi connectivity index (χ3n) is 4.12. The first-order valence-electron chi connectivity index (χ1n) is 8.01. The van der Waals surface area contributed by atoms with E-state index in [0.717, 1.165) is 16.3 Å². The van der Waals surface area contributed by atoms with Crippen molar-refractivity contribution in [2.75, 3.05) is 13.7 Å². The Hall–Kier alpha value is -2.92. The fourth-order valence-electron chi connectivity index (χ4n) is 2.68. The van der Waals surface area contributed by atoms with E-state index in [1.807, 2.05) is 54.6 Å². The number of nitrogens with one attached hydrogen (secondary N) is 1. The SMILES string of the molecule is COc1nc(C(=O)NCC(C)(O)c2ccccc2)cc2ccccc12. The number of carbonyl (C=O) groups excluding carboxylic acids is 1. The molecule has 3 aromatic rings. The van der Waals surface area contributed by atoms with E-state index in [0.29, 0.717) is 5.88 Å². The summed E-state index contributed by atoms with van der Waals surface area (Å²) in [7, 11) is 1.52. The second-order valence-electron chi connectivity index (χ2n) is 6.06. The topological polar surface area (TPSA) is 71.5 Å². The van der Waals surface area contributed by atoms with Crippen molar-refractivity contribution in [3.8, 4) is 5.88 Å². The summed E-state index contributed by atoms with van der Waals surface area (Å²) in [5, 5.41) is 15.1. The standard InChI is InChI=1S/C20H20N2O3/c1-20(24,15-9-4-3-5-10-15)13-21-18(23)17-12-14-8-6-7-11-16(14)19(22-17)25-2/h3-12,24H,13H2,1-2H3,(H,21,23). The maximum absolute atomic E-state index is 12.5. The zero-order valence-electron chi connectivity index (χ0n) is 14.2. The van der Waals surface area contributed by atoms with E-state index in [1.165, 1.54) is 7.11 Å². The molecule has 3 rings (SSSR count). The van der Waals surface area contributed by atoms with Crippen LogP contribution in [0.15, 0.2) is 60.7 Å². The molecule has 2 aromatic carbocycles. The molecule has 0 radical (unpaired) electrons. The maximum Gasteiger partial charge on any atom is 0.270 e. The predicted octanol–water partition coefficient (Wildman–Crippen LogP) is 2.88. The lowest BCUT2D eigenvalue weighted by molar-refractivity contribution is 0.0525. The second kappa shape index (κ2) is 6.91. The summed E-state index contributed by atoms with van der Waals surface area (Å²) in [5.74, 6) is 0.0401. The highest BCUT2D eigenvalue weighted by molar-refractivity contribution is 5.98. The van der Waals surface area contributed by atoms with Crippen molar-refractivity contribution in [1.29, 1.82) is 0 Å². The van der Waals surface area contributed by atoms with Crippen molar-refractivity contribution < 1.29 is 14.6 Å². The van der Waals surface area contributed by atoms with Crippen LogP contribution in [0, 0.1) is 0 Å². The van der Waals surface area contributed by atoms with Crippen molar-refractivity contribution in [3.63, 3.8) is 0 Å². The van der Waals surface area contributed by atoms with Crippen LogP contribution in [-0.2, 0) is 5.60 Å². The van der Waals surface area contributed by atoms with Crippen molar-refractivity contribution >= 4 is 16.7 Å². The van der Waals surface area contributed by atoms with Crippen LogP contribution in [-0.4, -0.2) is 29.7 Å². The van der Waals surface area contributed by atoms with Crippen LogP contribution in [0.25, 0.3) is 10.8 Å². The Morgan fingerprint density at radius 3 is 2.56 bits per heavy atom. The number of pyridine rings is 1. The molecule has 1 aromatic heterocycles. The van der Waals surface area contributed by atoms with Crippen molar-refractivity contribution in [2.24, 2.45) is 0 Å². The normalized spacial score (nSPS) is 13.2. The van der Waals surface area contributed by atoms with Gasteiger partial charge in [0, 0.05) is 5.39 Å². The molecule has 0 bridgehead atoms. The lowest BCUT2D eigenvalue weighted by Crippen LogP contribution is -2.38. The average Bonchev–Trinajstić information content (AvgIpc) is 2.66. The molecule has 1 atom stereocenters. The van der Waals surface area contributed by atoms with E-state index in [9.17, 15) is 9.90 Å². The number of methoxy groups -OCH3 is 1. The minimum absolute atomic E-state index is 0.0761. The summed E-state index contributed by atoms with van der Waals surface area (Å²) < 4.78 is 5.29. The zero-order chi connectivity index (χ0) is 17.9. The minimum Gasteiger partial charge on any atom is -0.481 e. The second-order valence-corrected chi connectivity index (χ2v) is 6.06. The van der Waals surface area contributed by atoms with E-state index >= 15 is 0 Å². The van der Waals surface area contributed by atoms with Gasteiger partial charge in [0.05, 0.1) is 13.7 Å². The Kier molecular flexibility index (Phi) is 4.67.